The highest BCUT2D eigenvalue weighted by Gasteiger charge is 2.29. The van der Waals surface area contributed by atoms with Gasteiger partial charge in [-0.1, -0.05) is 35.5 Å². The van der Waals surface area contributed by atoms with Crippen LogP contribution < -0.4 is 5.32 Å². The van der Waals surface area contributed by atoms with Crippen LogP contribution in [0.15, 0.2) is 53.1 Å². The third-order valence-electron chi connectivity index (χ3n) is 4.46. The van der Waals surface area contributed by atoms with Gasteiger partial charge in [0.15, 0.2) is 5.76 Å². The van der Waals surface area contributed by atoms with Gasteiger partial charge in [-0.3, -0.25) is 4.79 Å². The number of aromatic nitrogens is 1. The van der Waals surface area contributed by atoms with Gasteiger partial charge in [-0.05, 0) is 43.9 Å². The minimum absolute atomic E-state index is 0.0356. The fraction of sp³-hybridized carbons (Fsp3) is 0.263. The molecule has 0 radical (unpaired) electrons. The van der Waals surface area contributed by atoms with E-state index in [-0.39, 0.29) is 11.9 Å². The van der Waals surface area contributed by atoms with Gasteiger partial charge in [0.05, 0.1) is 5.39 Å². The molecule has 0 spiro atoms. The van der Waals surface area contributed by atoms with Crippen LogP contribution in [0.4, 0.5) is 0 Å². The number of fused-ring (bicyclic) bond motifs is 1. The zero-order valence-electron chi connectivity index (χ0n) is 13.0. The molecule has 1 fully saturated rings. The molecule has 1 aliphatic carbocycles. The molecule has 0 aliphatic heterocycles. The van der Waals surface area contributed by atoms with Gasteiger partial charge in [0.1, 0.15) is 5.52 Å². The van der Waals surface area contributed by atoms with Crippen LogP contribution in [-0.4, -0.2) is 17.1 Å². The van der Waals surface area contributed by atoms with E-state index in [2.05, 4.69) is 17.4 Å². The summed E-state index contributed by atoms with van der Waals surface area (Å²) in [5.41, 5.74) is 2.36. The third-order valence-corrected chi connectivity index (χ3v) is 4.46. The molecule has 4 heteroatoms. The summed E-state index contributed by atoms with van der Waals surface area (Å²) in [4.78, 5) is 12.4. The Balaban J connectivity index is 1.68. The van der Waals surface area contributed by atoms with Crippen molar-refractivity contribution in [3.8, 4) is 11.3 Å². The highest BCUT2D eigenvalue weighted by molar-refractivity contribution is 6.01. The molecular weight excluding hydrogens is 288 g/mol. The van der Waals surface area contributed by atoms with Gasteiger partial charge >= 0.3 is 0 Å². The van der Waals surface area contributed by atoms with Crippen LogP contribution in [0.3, 0.4) is 0 Å². The number of benzene rings is 2. The molecule has 1 aromatic heterocycles. The van der Waals surface area contributed by atoms with E-state index in [1.165, 1.54) is 12.8 Å². The first-order valence-electron chi connectivity index (χ1n) is 7.98. The van der Waals surface area contributed by atoms with Gasteiger partial charge in [-0.2, -0.15) is 0 Å². The molecule has 1 heterocycles. The Morgan fingerprint density at radius 3 is 2.74 bits per heavy atom. The molecule has 1 amide bonds. The Kier molecular flexibility index (Phi) is 3.37. The van der Waals surface area contributed by atoms with E-state index < -0.39 is 0 Å². The van der Waals surface area contributed by atoms with E-state index in [9.17, 15) is 4.79 Å². The van der Waals surface area contributed by atoms with Gasteiger partial charge in [-0.25, -0.2) is 0 Å². The van der Waals surface area contributed by atoms with Crippen LogP contribution in [0.25, 0.3) is 22.2 Å². The average Bonchev–Trinajstić information content (AvgIpc) is 3.35. The van der Waals surface area contributed by atoms with Crippen LogP contribution in [0.2, 0.25) is 0 Å². The Morgan fingerprint density at radius 1 is 1.22 bits per heavy atom. The minimum atomic E-state index is -0.0356. The first-order valence-corrected chi connectivity index (χ1v) is 7.98. The largest absolute Gasteiger partial charge is 0.355 e. The van der Waals surface area contributed by atoms with E-state index in [4.69, 9.17) is 4.52 Å². The lowest BCUT2D eigenvalue weighted by Gasteiger charge is -2.12. The SMILES string of the molecule is C[C@@H](NC(=O)c1ccc2noc(-c3ccccc3)c2c1)C1CC1. The van der Waals surface area contributed by atoms with Crippen LogP contribution in [-0.2, 0) is 0 Å². The molecule has 116 valence electrons. The Labute approximate surface area is 134 Å². The minimum Gasteiger partial charge on any atom is -0.355 e. The molecule has 4 nitrogen and oxygen atoms in total. The maximum Gasteiger partial charge on any atom is 0.251 e. The molecule has 3 aromatic rings. The van der Waals surface area contributed by atoms with E-state index in [0.29, 0.717) is 17.2 Å². The molecule has 1 N–H and O–H groups in total. The second kappa shape index (κ2) is 5.54. The number of amides is 1. The summed E-state index contributed by atoms with van der Waals surface area (Å²) in [7, 11) is 0. The number of carbonyl (C=O) groups excluding carboxylic acids is 1. The Hall–Kier alpha value is -2.62. The maximum atomic E-state index is 12.4. The van der Waals surface area contributed by atoms with Crippen molar-refractivity contribution in [1.29, 1.82) is 0 Å². The second-order valence-electron chi connectivity index (χ2n) is 6.21. The van der Waals surface area contributed by atoms with Crippen molar-refractivity contribution in [2.45, 2.75) is 25.8 Å². The van der Waals surface area contributed by atoms with Crippen molar-refractivity contribution in [3.05, 3.63) is 54.1 Å². The van der Waals surface area contributed by atoms with E-state index >= 15 is 0 Å². The summed E-state index contributed by atoms with van der Waals surface area (Å²) in [6.07, 6.45) is 2.43. The summed E-state index contributed by atoms with van der Waals surface area (Å²) in [5, 5.41) is 8.04. The van der Waals surface area contributed by atoms with Crippen LogP contribution >= 0.6 is 0 Å². The fourth-order valence-corrected chi connectivity index (χ4v) is 2.88. The first kappa shape index (κ1) is 14.0. The van der Waals surface area contributed by atoms with Crippen molar-refractivity contribution < 1.29 is 9.32 Å². The topological polar surface area (TPSA) is 55.1 Å². The number of nitrogens with one attached hydrogen (secondary N) is 1. The normalized spacial score (nSPS) is 15.5. The first-order chi connectivity index (χ1) is 11.2. The van der Waals surface area contributed by atoms with Crippen molar-refractivity contribution >= 4 is 16.8 Å². The highest BCUT2D eigenvalue weighted by Crippen LogP contribution is 2.33. The summed E-state index contributed by atoms with van der Waals surface area (Å²) in [6.45, 7) is 2.07. The summed E-state index contributed by atoms with van der Waals surface area (Å²) in [6, 6.07) is 15.5. The predicted octanol–water partition coefficient (Wildman–Crippen LogP) is 4.02. The molecule has 4 rings (SSSR count). The molecule has 0 bridgehead atoms. The second-order valence-corrected chi connectivity index (χ2v) is 6.21. The van der Waals surface area contributed by atoms with Crippen molar-refractivity contribution in [1.82, 2.24) is 10.5 Å². The van der Waals surface area contributed by atoms with Gasteiger partial charge < -0.3 is 9.84 Å². The van der Waals surface area contributed by atoms with E-state index in [1.54, 1.807) is 6.07 Å². The zero-order valence-corrected chi connectivity index (χ0v) is 13.0. The third kappa shape index (κ3) is 2.72. The van der Waals surface area contributed by atoms with Gasteiger partial charge in [-0.15, -0.1) is 0 Å². The number of hydrogen-bond donors (Lipinski definition) is 1. The molecule has 1 saturated carbocycles. The lowest BCUT2D eigenvalue weighted by atomic mass is 10.1. The fourth-order valence-electron chi connectivity index (χ4n) is 2.88. The average molecular weight is 306 g/mol. The maximum absolute atomic E-state index is 12.4. The highest BCUT2D eigenvalue weighted by atomic mass is 16.5. The molecule has 2 aromatic carbocycles. The molecular formula is C19H18N2O2. The van der Waals surface area contributed by atoms with E-state index in [0.717, 1.165) is 16.5 Å². The van der Waals surface area contributed by atoms with Crippen molar-refractivity contribution in [2.24, 2.45) is 5.92 Å². The zero-order chi connectivity index (χ0) is 15.8. The smallest absolute Gasteiger partial charge is 0.251 e. The number of hydrogen-bond acceptors (Lipinski definition) is 3. The van der Waals surface area contributed by atoms with Gasteiger partial charge in [0, 0.05) is 17.2 Å². The summed E-state index contributed by atoms with van der Waals surface area (Å²) >= 11 is 0. The molecule has 0 saturated heterocycles. The Morgan fingerprint density at radius 2 is 2.00 bits per heavy atom. The predicted molar refractivity (Wildman–Crippen MR) is 89.1 cm³/mol. The molecule has 23 heavy (non-hydrogen) atoms. The van der Waals surface area contributed by atoms with Gasteiger partial charge in [0.25, 0.3) is 5.91 Å². The molecule has 1 atom stereocenters. The van der Waals surface area contributed by atoms with Crippen molar-refractivity contribution in [2.75, 3.05) is 0 Å². The van der Waals surface area contributed by atoms with Crippen LogP contribution in [0, 0.1) is 5.92 Å². The van der Waals surface area contributed by atoms with Crippen LogP contribution in [0.1, 0.15) is 30.1 Å². The molecule has 1 aliphatic rings. The van der Waals surface area contributed by atoms with E-state index in [1.807, 2.05) is 42.5 Å². The van der Waals surface area contributed by atoms with Crippen molar-refractivity contribution in [3.63, 3.8) is 0 Å². The number of carbonyl (C=O) groups is 1. The summed E-state index contributed by atoms with van der Waals surface area (Å²) in [5.74, 6) is 1.30. The quantitative estimate of drug-likeness (QED) is 0.792. The number of rotatable bonds is 4. The number of nitrogens with zero attached hydrogens (tertiary/aromatic N) is 1. The lowest BCUT2D eigenvalue weighted by Crippen LogP contribution is -2.33. The summed E-state index contributed by atoms with van der Waals surface area (Å²) < 4.78 is 5.48. The lowest BCUT2D eigenvalue weighted by molar-refractivity contribution is 0.0936. The van der Waals surface area contributed by atoms with Crippen LogP contribution in [0.5, 0.6) is 0 Å². The molecule has 0 unspecified atom stereocenters. The standard InChI is InChI=1S/C19H18N2O2/c1-12(13-7-8-13)20-19(22)15-9-10-17-16(11-15)18(23-21-17)14-5-3-2-4-6-14/h2-6,9-13H,7-8H2,1H3,(H,20,22)/t12-/m1/s1. The Bertz CT molecular complexity index is 850. The van der Waals surface area contributed by atoms with Gasteiger partial charge in [0.2, 0.25) is 0 Å². The monoisotopic (exact) mass is 306 g/mol.